The van der Waals surface area contributed by atoms with Gasteiger partial charge in [0.25, 0.3) is 0 Å². The summed E-state index contributed by atoms with van der Waals surface area (Å²) in [6.45, 7) is 0. The molecule has 0 bridgehead atoms. The summed E-state index contributed by atoms with van der Waals surface area (Å²) in [6.07, 6.45) is -13.5. The van der Waals surface area contributed by atoms with Crippen LogP contribution in [0.25, 0.3) is 0 Å². The van der Waals surface area contributed by atoms with Crippen LogP contribution in [-0.2, 0) is 12.6 Å². The van der Waals surface area contributed by atoms with Crippen molar-refractivity contribution in [3.05, 3.63) is 33.9 Å². The SMILES string of the molecule is O=S(=O)(OI(c1ccccc1)C(F)(C(F)(F)F)C(F)(F)F)C(F)(F)F. The number of benzene rings is 1. The van der Waals surface area contributed by atoms with E-state index in [9.17, 15) is 52.3 Å². The van der Waals surface area contributed by atoms with Gasteiger partial charge in [-0.15, -0.1) is 0 Å². The van der Waals surface area contributed by atoms with Crippen LogP contribution >= 0.6 is 20.2 Å². The summed E-state index contributed by atoms with van der Waals surface area (Å²) in [6, 6.07) is 3.47. The second-order valence-corrected chi connectivity index (χ2v) is 10.8. The molecule has 0 aromatic heterocycles. The summed E-state index contributed by atoms with van der Waals surface area (Å²) in [4.78, 5) is 0. The van der Waals surface area contributed by atoms with E-state index in [-0.39, 0.29) is 0 Å². The van der Waals surface area contributed by atoms with Gasteiger partial charge in [0.15, 0.2) is 0 Å². The maximum absolute atomic E-state index is 14.1. The van der Waals surface area contributed by atoms with E-state index in [1.165, 1.54) is 0 Å². The van der Waals surface area contributed by atoms with Crippen molar-refractivity contribution in [1.82, 2.24) is 0 Å². The van der Waals surface area contributed by atoms with E-state index in [4.69, 9.17) is 0 Å². The number of hydrogen-bond donors (Lipinski definition) is 0. The van der Waals surface area contributed by atoms with Crippen LogP contribution in [0.4, 0.5) is 43.9 Å². The van der Waals surface area contributed by atoms with E-state index >= 15 is 0 Å². The van der Waals surface area contributed by atoms with Crippen LogP contribution in [0.15, 0.2) is 30.3 Å². The van der Waals surface area contributed by atoms with Gasteiger partial charge < -0.3 is 0 Å². The Morgan fingerprint density at radius 1 is 0.760 bits per heavy atom. The van der Waals surface area contributed by atoms with Gasteiger partial charge in [0.2, 0.25) is 0 Å². The Kier molecular flexibility index (Phi) is 5.96. The van der Waals surface area contributed by atoms with Crippen LogP contribution in [0.1, 0.15) is 0 Å². The molecule has 0 saturated heterocycles. The summed E-state index contributed by atoms with van der Waals surface area (Å²) in [5.74, 6) is 0. The molecule has 3 nitrogen and oxygen atoms in total. The van der Waals surface area contributed by atoms with E-state index in [0.717, 1.165) is 18.2 Å². The summed E-state index contributed by atoms with van der Waals surface area (Å²) in [5.41, 5.74) is -6.34. The Bertz CT molecular complexity index is 680. The van der Waals surface area contributed by atoms with Gasteiger partial charge in [-0.1, -0.05) is 0 Å². The second-order valence-electron chi connectivity index (χ2n) is 4.08. The van der Waals surface area contributed by atoms with Gasteiger partial charge in [-0.2, -0.15) is 0 Å². The average molecular weight is 522 g/mol. The zero-order valence-corrected chi connectivity index (χ0v) is 14.2. The molecular formula is C10H5F10IO3S. The number of rotatable bonds is 4. The number of hydrogen-bond acceptors (Lipinski definition) is 3. The molecule has 0 radical (unpaired) electrons. The van der Waals surface area contributed by atoms with Crippen molar-refractivity contribution in [3.63, 3.8) is 0 Å². The predicted octanol–water partition coefficient (Wildman–Crippen LogP) is 4.93. The number of alkyl halides is 11. The second kappa shape index (κ2) is 6.71. The third-order valence-corrected chi connectivity index (χ3v) is 10.1. The van der Waals surface area contributed by atoms with E-state index < -0.39 is 55.5 Å². The molecule has 146 valence electrons. The zero-order valence-electron chi connectivity index (χ0n) is 11.2. The molecule has 0 saturated carbocycles. The van der Waals surface area contributed by atoms with Gasteiger partial charge in [-0.05, 0) is 0 Å². The van der Waals surface area contributed by atoms with Crippen LogP contribution < -0.4 is 0 Å². The van der Waals surface area contributed by atoms with Crippen molar-refractivity contribution in [2.24, 2.45) is 0 Å². The van der Waals surface area contributed by atoms with Crippen molar-refractivity contribution >= 4 is 30.4 Å². The summed E-state index contributed by atoms with van der Waals surface area (Å²) >= 11 is -6.25. The van der Waals surface area contributed by atoms with E-state index in [0.29, 0.717) is 12.1 Å². The fourth-order valence-electron chi connectivity index (χ4n) is 1.23. The van der Waals surface area contributed by atoms with Crippen molar-refractivity contribution in [3.8, 4) is 0 Å². The predicted molar refractivity (Wildman–Crippen MR) is 71.2 cm³/mol. The molecule has 0 amide bonds. The molecule has 0 spiro atoms. The maximum atomic E-state index is 14.1. The molecule has 1 aromatic rings. The Morgan fingerprint density at radius 3 is 1.48 bits per heavy atom. The van der Waals surface area contributed by atoms with E-state index in [1.54, 1.807) is 0 Å². The molecule has 0 heterocycles. The quantitative estimate of drug-likeness (QED) is 0.244. The van der Waals surface area contributed by atoms with Crippen LogP contribution in [-0.4, -0.2) is 30.0 Å². The first-order valence-electron chi connectivity index (χ1n) is 5.54. The van der Waals surface area contributed by atoms with Crippen molar-refractivity contribution in [1.29, 1.82) is 0 Å². The molecule has 0 unspecified atom stereocenters. The van der Waals surface area contributed by atoms with E-state index in [1.807, 2.05) is 0 Å². The molecule has 15 heteroatoms. The average Bonchev–Trinajstić information content (AvgIpc) is 2.41. The van der Waals surface area contributed by atoms with Gasteiger partial charge in [-0.3, -0.25) is 0 Å². The fraction of sp³-hybridized carbons (Fsp3) is 0.400. The van der Waals surface area contributed by atoms with Crippen LogP contribution in [0.5, 0.6) is 0 Å². The molecule has 0 aliphatic heterocycles. The number of halogens is 11. The van der Waals surface area contributed by atoms with Crippen LogP contribution in [0.3, 0.4) is 0 Å². The Labute approximate surface area is 141 Å². The Hall–Kier alpha value is -0.840. The summed E-state index contributed by atoms with van der Waals surface area (Å²) in [7, 11) is -6.92. The van der Waals surface area contributed by atoms with Gasteiger partial charge in [0, 0.05) is 0 Å². The third-order valence-electron chi connectivity index (χ3n) is 2.31. The first-order valence-corrected chi connectivity index (χ1v) is 9.98. The molecule has 0 N–H and O–H groups in total. The van der Waals surface area contributed by atoms with Crippen LogP contribution in [0.2, 0.25) is 0 Å². The third kappa shape index (κ3) is 4.29. The Morgan fingerprint density at radius 2 is 1.16 bits per heavy atom. The molecule has 0 aliphatic carbocycles. The van der Waals surface area contributed by atoms with Crippen molar-refractivity contribution in [2.45, 2.75) is 21.5 Å². The summed E-state index contributed by atoms with van der Waals surface area (Å²) in [5, 5.41) is 0. The normalized spacial score (nSPS) is 15.2. The first kappa shape index (κ1) is 22.2. The minimum atomic E-state index is -6.92. The molecule has 1 rings (SSSR count). The molecule has 0 atom stereocenters. The van der Waals surface area contributed by atoms with Gasteiger partial charge in [-0.25, -0.2) is 0 Å². The minimum absolute atomic E-state index is 0.419. The first-order chi connectivity index (χ1) is 11.0. The topological polar surface area (TPSA) is 43.4 Å². The van der Waals surface area contributed by atoms with Gasteiger partial charge in [0.1, 0.15) is 0 Å². The molecule has 0 fully saturated rings. The van der Waals surface area contributed by atoms with Crippen molar-refractivity contribution < 1.29 is 54.8 Å². The fourth-order valence-corrected chi connectivity index (χ4v) is 8.07. The summed E-state index contributed by atoms with van der Waals surface area (Å²) < 4.78 is 145. The van der Waals surface area contributed by atoms with Gasteiger partial charge >= 0.3 is 141 Å². The Balaban J connectivity index is 3.68. The van der Waals surface area contributed by atoms with Crippen LogP contribution in [0, 0.1) is 3.57 Å². The van der Waals surface area contributed by atoms with Gasteiger partial charge in [0.05, 0.1) is 0 Å². The standard InChI is InChI=1S/C10H5F10IO3S/c11-7(8(12,13)14,9(15,16)17)21(6-4-2-1-3-5-6)24-25(22,23)10(18,19)20/h1-5H. The molecule has 1 aromatic carbocycles. The molecule has 25 heavy (non-hydrogen) atoms. The molecule has 0 aliphatic rings. The van der Waals surface area contributed by atoms with Crippen molar-refractivity contribution in [2.75, 3.05) is 0 Å². The van der Waals surface area contributed by atoms with E-state index in [2.05, 4.69) is 2.51 Å². The molecular weight excluding hydrogens is 517 g/mol. The monoisotopic (exact) mass is 522 g/mol. The zero-order chi connectivity index (χ0) is 19.9.